The highest BCUT2D eigenvalue weighted by Crippen LogP contribution is 2.20. The molecule has 1 atom stereocenters. The van der Waals surface area contributed by atoms with E-state index in [0.717, 1.165) is 5.56 Å². The summed E-state index contributed by atoms with van der Waals surface area (Å²) in [6.45, 7) is 4.99. The van der Waals surface area contributed by atoms with Crippen molar-refractivity contribution in [2.45, 2.75) is 26.2 Å². The van der Waals surface area contributed by atoms with Gasteiger partial charge in [0.2, 0.25) is 0 Å². The molecule has 0 aliphatic carbocycles. The first-order valence-corrected chi connectivity index (χ1v) is 5.81. The molecule has 90 valence electrons. The van der Waals surface area contributed by atoms with Crippen LogP contribution < -0.4 is 5.73 Å². The van der Waals surface area contributed by atoms with Crippen LogP contribution in [0.15, 0.2) is 24.3 Å². The van der Waals surface area contributed by atoms with E-state index in [9.17, 15) is 0 Å². The molecule has 0 aliphatic rings. The minimum Gasteiger partial charge on any atom is -0.351 e. The normalized spacial score (nSPS) is 13.1. The number of hydrogen-bond donors (Lipinski definition) is 1. The Labute approximate surface area is 101 Å². The van der Waals surface area contributed by atoms with Crippen LogP contribution in [0.2, 0.25) is 5.02 Å². The van der Waals surface area contributed by atoms with Gasteiger partial charge < -0.3 is 15.2 Å². The van der Waals surface area contributed by atoms with Crippen molar-refractivity contribution >= 4 is 11.6 Å². The van der Waals surface area contributed by atoms with Crippen molar-refractivity contribution < 1.29 is 9.47 Å². The zero-order chi connectivity index (χ0) is 12.0. The topological polar surface area (TPSA) is 44.5 Å². The predicted molar refractivity (Wildman–Crippen MR) is 65.4 cm³/mol. The molecule has 0 saturated carbocycles. The van der Waals surface area contributed by atoms with E-state index in [4.69, 9.17) is 26.8 Å². The number of rotatable bonds is 6. The Bertz CT molecular complexity index is 296. The Morgan fingerprint density at radius 3 is 2.06 bits per heavy atom. The SMILES string of the molecule is CCOC(OCC)[C@@H](N)c1ccc(Cl)cc1. The number of halogens is 1. The Kier molecular flexibility index (Phi) is 5.77. The van der Waals surface area contributed by atoms with Crippen LogP contribution in [0.25, 0.3) is 0 Å². The lowest BCUT2D eigenvalue weighted by molar-refractivity contribution is -0.149. The molecule has 0 fully saturated rings. The van der Waals surface area contributed by atoms with E-state index in [0.29, 0.717) is 18.2 Å². The van der Waals surface area contributed by atoms with Gasteiger partial charge in [-0.15, -0.1) is 0 Å². The summed E-state index contributed by atoms with van der Waals surface area (Å²) in [4.78, 5) is 0. The molecule has 0 unspecified atom stereocenters. The second kappa shape index (κ2) is 6.86. The zero-order valence-corrected chi connectivity index (χ0v) is 10.4. The van der Waals surface area contributed by atoms with Crippen molar-refractivity contribution in [2.24, 2.45) is 5.73 Å². The Balaban J connectivity index is 2.72. The van der Waals surface area contributed by atoms with E-state index in [2.05, 4.69) is 0 Å². The lowest BCUT2D eigenvalue weighted by Gasteiger charge is -2.23. The fraction of sp³-hybridized carbons (Fsp3) is 0.500. The van der Waals surface area contributed by atoms with E-state index in [1.165, 1.54) is 0 Å². The van der Waals surface area contributed by atoms with Crippen molar-refractivity contribution in [2.75, 3.05) is 13.2 Å². The second-order valence-corrected chi connectivity index (χ2v) is 3.79. The van der Waals surface area contributed by atoms with Gasteiger partial charge in [-0.3, -0.25) is 0 Å². The molecule has 0 amide bonds. The highest BCUT2D eigenvalue weighted by atomic mass is 35.5. The maximum atomic E-state index is 6.07. The van der Waals surface area contributed by atoms with E-state index in [1.54, 1.807) is 0 Å². The van der Waals surface area contributed by atoms with Gasteiger partial charge in [-0.25, -0.2) is 0 Å². The predicted octanol–water partition coefficient (Wildman–Crippen LogP) is 2.74. The van der Waals surface area contributed by atoms with Gasteiger partial charge in [0.15, 0.2) is 6.29 Å². The second-order valence-electron chi connectivity index (χ2n) is 3.36. The largest absolute Gasteiger partial charge is 0.351 e. The molecule has 16 heavy (non-hydrogen) atoms. The van der Waals surface area contributed by atoms with Crippen LogP contribution in [-0.2, 0) is 9.47 Å². The van der Waals surface area contributed by atoms with E-state index < -0.39 is 6.29 Å². The molecule has 0 saturated heterocycles. The molecular formula is C12H18ClNO2. The lowest BCUT2D eigenvalue weighted by atomic mass is 10.1. The van der Waals surface area contributed by atoms with Gasteiger partial charge >= 0.3 is 0 Å². The number of hydrogen-bond acceptors (Lipinski definition) is 3. The maximum Gasteiger partial charge on any atom is 0.176 e. The third kappa shape index (κ3) is 3.76. The minimum atomic E-state index is -0.406. The third-order valence-electron chi connectivity index (χ3n) is 2.21. The first kappa shape index (κ1) is 13.5. The van der Waals surface area contributed by atoms with Gasteiger partial charge in [0, 0.05) is 18.2 Å². The van der Waals surface area contributed by atoms with Crippen LogP contribution in [0, 0.1) is 0 Å². The summed E-state index contributed by atoms with van der Waals surface area (Å²) in [5, 5.41) is 0.695. The van der Waals surface area contributed by atoms with E-state index in [-0.39, 0.29) is 6.04 Å². The first-order chi connectivity index (χ1) is 7.69. The fourth-order valence-electron chi connectivity index (χ4n) is 1.43. The third-order valence-corrected chi connectivity index (χ3v) is 2.46. The van der Waals surface area contributed by atoms with Gasteiger partial charge in [-0.05, 0) is 31.5 Å². The summed E-state index contributed by atoms with van der Waals surface area (Å²) in [5.74, 6) is 0. The van der Waals surface area contributed by atoms with Gasteiger partial charge in [0.05, 0.1) is 6.04 Å². The molecule has 2 N–H and O–H groups in total. The fourth-order valence-corrected chi connectivity index (χ4v) is 1.55. The lowest BCUT2D eigenvalue weighted by Crippen LogP contribution is -2.31. The summed E-state index contributed by atoms with van der Waals surface area (Å²) in [6, 6.07) is 7.10. The summed E-state index contributed by atoms with van der Waals surface area (Å²) in [6.07, 6.45) is -0.406. The van der Waals surface area contributed by atoms with Crippen LogP contribution in [0.3, 0.4) is 0 Å². The van der Waals surface area contributed by atoms with Crippen LogP contribution in [0.4, 0.5) is 0 Å². The quantitative estimate of drug-likeness (QED) is 0.782. The average Bonchev–Trinajstić information content (AvgIpc) is 2.29. The first-order valence-electron chi connectivity index (χ1n) is 5.43. The Morgan fingerprint density at radius 1 is 1.12 bits per heavy atom. The van der Waals surface area contributed by atoms with Gasteiger partial charge in [0.1, 0.15) is 0 Å². The monoisotopic (exact) mass is 243 g/mol. The van der Waals surface area contributed by atoms with Gasteiger partial charge in [-0.1, -0.05) is 23.7 Å². The van der Waals surface area contributed by atoms with Crippen molar-refractivity contribution in [3.63, 3.8) is 0 Å². The van der Waals surface area contributed by atoms with Crippen LogP contribution in [0.5, 0.6) is 0 Å². The Morgan fingerprint density at radius 2 is 1.62 bits per heavy atom. The number of benzene rings is 1. The van der Waals surface area contributed by atoms with Crippen molar-refractivity contribution in [3.05, 3.63) is 34.9 Å². The molecule has 0 heterocycles. The van der Waals surface area contributed by atoms with Crippen LogP contribution >= 0.6 is 11.6 Å². The summed E-state index contributed by atoms with van der Waals surface area (Å²) >= 11 is 5.81. The van der Waals surface area contributed by atoms with Crippen molar-refractivity contribution in [1.29, 1.82) is 0 Å². The maximum absolute atomic E-state index is 6.07. The molecule has 0 bridgehead atoms. The van der Waals surface area contributed by atoms with E-state index >= 15 is 0 Å². The Hall–Kier alpha value is -0.610. The highest BCUT2D eigenvalue weighted by Gasteiger charge is 2.19. The zero-order valence-electron chi connectivity index (χ0n) is 9.65. The van der Waals surface area contributed by atoms with Crippen LogP contribution in [-0.4, -0.2) is 19.5 Å². The summed E-state index contributed by atoms with van der Waals surface area (Å²) < 4.78 is 10.9. The highest BCUT2D eigenvalue weighted by molar-refractivity contribution is 6.30. The molecule has 3 nitrogen and oxygen atoms in total. The van der Waals surface area contributed by atoms with Crippen molar-refractivity contribution in [3.8, 4) is 0 Å². The van der Waals surface area contributed by atoms with Crippen LogP contribution in [0.1, 0.15) is 25.5 Å². The average molecular weight is 244 g/mol. The summed E-state index contributed by atoms with van der Waals surface area (Å²) in [7, 11) is 0. The minimum absolute atomic E-state index is 0.294. The van der Waals surface area contributed by atoms with Crippen molar-refractivity contribution in [1.82, 2.24) is 0 Å². The molecule has 4 heteroatoms. The molecule has 1 aromatic rings. The van der Waals surface area contributed by atoms with E-state index in [1.807, 2.05) is 38.1 Å². The molecular weight excluding hydrogens is 226 g/mol. The molecule has 0 aromatic heterocycles. The smallest absolute Gasteiger partial charge is 0.176 e. The molecule has 0 radical (unpaired) electrons. The number of nitrogens with two attached hydrogens (primary N) is 1. The van der Waals surface area contributed by atoms with Gasteiger partial charge in [0.25, 0.3) is 0 Å². The number of ether oxygens (including phenoxy) is 2. The molecule has 1 rings (SSSR count). The molecule has 0 spiro atoms. The van der Waals surface area contributed by atoms with Gasteiger partial charge in [-0.2, -0.15) is 0 Å². The molecule has 0 aliphatic heterocycles. The standard InChI is InChI=1S/C12H18ClNO2/c1-3-15-12(16-4-2)11(14)9-5-7-10(13)8-6-9/h5-8,11-12H,3-4,14H2,1-2H3/t11-/m0/s1. The summed E-state index contributed by atoms with van der Waals surface area (Å²) in [5.41, 5.74) is 7.02. The molecule has 1 aromatic carbocycles.